The van der Waals surface area contributed by atoms with Gasteiger partial charge in [0.05, 0.1) is 12.3 Å². The minimum Gasteiger partial charge on any atom is -0.489 e. The Morgan fingerprint density at radius 2 is 2.12 bits per heavy atom. The highest BCUT2D eigenvalue weighted by Gasteiger charge is 2.24. The molecule has 0 atom stereocenters. The van der Waals surface area contributed by atoms with Crippen molar-refractivity contribution < 1.29 is 14.3 Å². The molecule has 0 saturated heterocycles. The van der Waals surface area contributed by atoms with Gasteiger partial charge in [-0.3, -0.25) is 4.79 Å². The topological polar surface area (TPSA) is 48.4 Å². The summed E-state index contributed by atoms with van der Waals surface area (Å²) in [6, 6.07) is 1.74. The largest absolute Gasteiger partial charge is 0.489 e. The number of hydrogen-bond donors (Lipinski definition) is 0. The maximum atomic E-state index is 10.9. The number of rotatable bonds is 4. The van der Waals surface area contributed by atoms with Gasteiger partial charge in [-0.25, -0.2) is 4.98 Å². The molecule has 1 aromatic rings. The van der Waals surface area contributed by atoms with Crippen LogP contribution >= 0.6 is 0 Å². The molecule has 0 unspecified atom stereocenters. The molecule has 1 heterocycles. The zero-order valence-corrected chi connectivity index (χ0v) is 10.4. The molecule has 0 amide bonds. The van der Waals surface area contributed by atoms with E-state index in [4.69, 9.17) is 9.47 Å². The molecule has 1 aromatic heterocycles. The van der Waals surface area contributed by atoms with Crippen LogP contribution in [0, 0.1) is 0 Å². The summed E-state index contributed by atoms with van der Waals surface area (Å²) in [5, 5.41) is 0. The van der Waals surface area contributed by atoms with E-state index in [9.17, 15) is 4.79 Å². The van der Waals surface area contributed by atoms with Crippen LogP contribution in [0.15, 0.2) is 12.3 Å². The molecule has 0 aromatic carbocycles. The molecule has 0 aliphatic heterocycles. The Hall–Kier alpha value is -1.58. The van der Waals surface area contributed by atoms with Crippen molar-refractivity contribution in [1.29, 1.82) is 0 Å². The van der Waals surface area contributed by atoms with Crippen LogP contribution in [-0.2, 0) is 0 Å². The van der Waals surface area contributed by atoms with E-state index in [2.05, 4.69) is 4.98 Å². The van der Waals surface area contributed by atoms with Crippen LogP contribution < -0.4 is 9.47 Å². The smallest absolute Gasteiger partial charge is 0.172 e. The Bertz CT molecular complexity index is 419. The van der Waals surface area contributed by atoms with Crippen LogP contribution in [0.2, 0.25) is 0 Å². The number of carbonyl (C=O) groups is 1. The van der Waals surface area contributed by atoms with Crippen molar-refractivity contribution in [3.8, 4) is 11.5 Å². The molecule has 0 bridgehead atoms. The first kappa shape index (κ1) is 11.9. The highest BCUT2D eigenvalue weighted by molar-refractivity contribution is 5.76. The van der Waals surface area contributed by atoms with Gasteiger partial charge >= 0.3 is 0 Å². The molecule has 4 nitrogen and oxygen atoms in total. The van der Waals surface area contributed by atoms with Gasteiger partial charge in [-0.1, -0.05) is 0 Å². The lowest BCUT2D eigenvalue weighted by atomic mass is 10.2. The molecule has 1 aliphatic carbocycles. The lowest BCUT2D eigenvalue weighted by molar-refractivity contribution is 0.108. The summed E-state index contributed by atoms with van der Waals surface area (Å²) < 4.78 is 11.3. The van der Waals surface area contributed by atoms with E-state index in [1.807, 2.05) is 20.8 Å². The van der Waals surface area contributed by atoms with Crippen LogP contribution in [0.25, 0.3) is 0 Å². The third-order valence-electron chi connectivity index (χ3n) is 2.21. The van der Waals surface area contributed by atoms with Gasteiger partial charge in [-0.2, -0.15) is 0 Å². The number of hydrogen-bond acceptors (Lipinski definition) is 4. The number of aldehydes is 1. The van der Waals surface area contributed by atoms with Crippen molar-refractivity contribution >= 4 is 6.29 Å². The van der Waals surface area contributed by atoms with Gasteiger partial charge in [-0.05, 0) is 33.6 Å². The summed E-state index contributed by atoms with van der Waals surface area (Å²) in [5.41, 5.74) is -0.0550. The Balaban J connectivity index is 2.21. The van der Waals surface area contributed by atoms with Crippen molar-refractivity contribution in [1.82, 2.24) is 4.98 Å². The second-order valence-electron chi connectivity index (χ2n) is 5.20. The van der Waals surface area contributed by atoms with E-state index in [0.717, 1.165) is 12.8 Å². The molecule has 17 heavy (non-hydrogen) atoms. The Morgan fingerprint density at radius 3 is 2.65 bits per heavy atom. The van der Waals surface area contributed by atoms with Gasteiger partial charge in [0.2, 0.25) is 0 Å². The van der Waals surface area contributed by atoms with Crippen LogP contribution in [-0.4, -0.2) is 23.0 Å². The first-order valence-corrected chi connectivity index (χ1v) is 5.79. The zero-order valence-electron chi connectivity index (χ0n) is 10.4. The third-order valence-corrected chi connectivity index (χ3v) is 2.21. The van der Waals surface area contributed by atoms with Gasteiger partial charge in [0, 0.05) is 6.07 Å². The quantitative estimate of drug-likeness (QED) is 0.753. The normalized spacial score (nSPS) is 15.5. The van der Waals surface area contributed by atoms with Crippen molar-refractivity contribution in [2.45, 2.75) is 45.3 Å². The molecule has 92 valence electrons. The lowest BCUT2D eigenvalue weighted by Crippen LogP contribution is -2.24. The van der Waals surface area contributed by atoms with Crippen molar-refractivity contribution in [3.63, 3.8) is 0 Å². The molecule has 0 radical (unpaired) electrons. The van der Waals surface area contributed by atoms with Crippen LogP contribution in [0.1, 0.15) is 44.1 Å². The Morgan fingerprint density at radius 1 is 1.41 bits per heavy atom. The van der Waals surface area contributed by atoms with E-state index in [1.54, 1.807) is 12.3 Å². The number of pyridine rings is 1. The summed E-state index contributed by atoms with van der Waals surface area (Å²) >= 11 is 0. The number of ether oxygens (including phenoxy) is 2. The molecule has 2 rings (SSSR count). The average Bonchev–Trinajstić information content (AvgIpc) is 3.00. The van der Waals surface area contributed by atoms with Gasteiger partial charge in [-0.15, -0.1) is 0 Å². The van der Waals surface area contributed by atoms with E-state index < -0.39 is 0 Å². The maximum Gasteiger partial charge on any atom is 0.172 e. The number of carbonyl (C=O) groups excluding carboxylic acids is 1. The molecule has 0 spiro atoms. The fraction of sp³-hybridized carbons (Fsp3) is 0.538. The molecular weight excluding hydrogens is 218 g/mol. The Kier molecular flexibility index (Phi) is 3.05. The monoisotopic (exact) mass is 235 g/mol. The van der Waals surface area contributed by atoms with Gasteiger partial charge in [0.1, 0.15) is 17.0 Å². The zero-order chi connectivity index (χ0) is 12.5. The van der Waals surface area contributed by atoms with E-state index in [-0.39, 0.29) is 5.60 Å². The van der Waals surface area contributed by atoms with E-state index >= 15 is 0 Å². The first-order valence-electron chi connectivity index (χ1n) is 5.79. The lowest BCUT2D eigenvalue weighted by Gasteiger charge is -2.22. The molecule has 4 heteroatoms. The van der Waals surface area contributed by atoms with Crippen molar-refractivity contribution in [2.75, 3.05) is 0 Å². The SMILES string of the molecule is CC(C)(C)Oc1cc(OC2CC2)cnc1C=O. The fourth-order valence-electron chi connectivity index (χ4n) is 1.38. The van der Waals surface area contributed by atoms with Crippen LogP contribution in [0.3, 0.4) is 0 Å². The molecule has 1 saturated carbocycles. The summed E-state index contributed by atoms with van der Waals surface area (Å²) in [4.78, 5) is 14.9. The highest BCUT2D eigenvalue weighted by atomic mass is 16.5. The average molecular weight is 235 g/mol. The third kappa shape index (κ3) is 3.44. The molecule has 1 fully saturated rings. The predicted octanol–water partition coefficient (Wildman–Crippen LogP) is 2.61. The minimum atomic E-state index is -0.363. The van der Waals surface area contributed by atoms with E-state index in [1.165, 1.54) is 0 Å². The van der Waals surface area contributed by atoms with Gasteiger partial charge in [0.25, 0.3) is 0 Å². The molecular formula is C13H17NO3. The summed E-state index contributed by atoms with van der Waals surface area (Å²) in [7, 11) is 0. The summed E-state index contributed by atoms with van der Waals surface area (Å²) in [5.74, 6) is 1.14. The van der Waals surface area contributed by atoms with Crippen LogP contribution in [0.5, 0.6) is 11.5 Å². The minimum absolute atomic E-state index is 0.307. The number of aromatic nitrogens is 1. The highest BCUT2D eigenvalue weighted by Crippen LogP contribution is 2.30. The molecule has 1 aliphatic rings. The Labute approximate surface area is 101 Å². The fourth-order valence-corrected chi connectivity index (χ4v) is 1.38. The maximum absolute atomic E-state index is 10.9. The second-order valence-corrected chi connectivity index (χ2v) is 5.20. The summed E-state index contributed by atoms with van der Waals surface area (Å²) in [6.07, 6.45) is 4.75. The number of nitrogens with zero attached hydrogens (tertiary/aromatic N) is 1. The predicted molar refractivity (Wildman–Crippen MR) is 63.7 cm³/mol. The van der Waals surface area contributed by atoms with E-state index in [0.29, 0.717) is 29.6 Å². The van der Waals surface area contributed by atoms with Crippen molar-refractivity contribution in [3.05, 3.63) is 18.0 Å². The van der Waals surface area contributed by atoms with Gasteiger partial charge < -0.3 is 9.47 Å². The summed E-state index contributed by atoms with van der Waals surface area (Å²) in [6.45, 7) is 5.78. The first-order chi connectivity index (χ1) is 7.98. The molecule has 0 N–H and O–H groups in total. The van der Waals surface area contributed by atoms with Crippen LogP contribution in [0.4, 0.5) is 0 Å². The standard InChI is InChI=1S/C13H17NO3/c1-13(2,3)17-12-6-10(16-9-4-5-9)7-14-11(12)8-15/h6-9H,4-5H2,1-3H3. The van der Waals surface area contributed by atoms with Gasteiger partial charge in [0.15, 0.2) is 12.0 Å². The second kappa shape index (κ2) is 4.35. The van der Waals surface area contributed by atoms with Crippen molar-refractivity contribution in [2.24, 2.45) is 0 Å².